The molecule has 3 N–H and O–H groups in total. The maximum atomic E-state index is 12.1. The summed E-state index contributed by atoms with van der Waals surface area (Å²) in [5, 5.41) is 17.8. The van der Waals surface area contributed by atoms with Gasteiger partial charge in [-0.1, -0.05) is 18.2 Å². The zero-order valence-corrected chi connectivity index (χ0v) is 13.7. The Morgan fingerprint density at radius 3 is 3.04 bits per heavy atom. The molecule has 1 atom stereocenters. The summed E-state index contributed by atoms with van der Waals surface area (Å²) in [7, 11) is 0. The molecule has 0 spiro atoms. The van der Waals surface area contributed by atoms with Gasteiger partial charge in [0, 0.05) is 31.3 Å². The molecule has 7 nitrogen and oxygen atoms in total. The van der Waals surface area contributed by atoms with E-state index >= 15 is 0 Å². The highest BCUT2D eigenvalue weighted by molar-refractivity contribution is 5.74. The number of aromatic nitrogens is 1. The molecule has 0 saturated heterocycles. The fraction of sp³-hybridized carbons (Fsp3) is 0.278. The topological polar surface area (TPSA) is 99.1 Å². The lowest BCUT2D eigenvalue weighted by Crippen LogP contribution is -2.41. The number of carbonyl (C=O) groups is 1. The molecule has 1 unspecified atom stereocenters. The Bertz CT molecular complexity index is 787. The number of nitrogens with one attached hydrogen (secondary N) is 3. The molecule has 0 saturated carbocycles. The van der Waals surface area contributed by atoms with Crippen molar-refractivity contribution < 1.29 is 9.53 Å². The first-order chi connectivity index (χ1) is 12.3. The number of benzene rings is 1. The van der Waals surface area contributed by atoms with E-state index in [0.29, 0.717) is 31.1 Å². The van der Waals surface area contributed by atoms with Gasteiger partial charge in [-0.3, -0.25) is 0 Å². The molecule has 2 amide bonds. The summed E-state index contributed by atoms with van der Waals surface area (Å²) >= 11 is 0. The first-order valence-electron chi connectivity index (χ1n) is 8.13. The van der Waals surface area contributed by atoms with Crippen LogP contribution in [0.25, 0.3) is 0 Å². The third-order valence-corrected chi connectivity index (χ3v) is 3.90. The Morgan fingerprint density at radius 2 is 2.16 bits per heavy atom. The van der Waals surface area contributed by atoms with Crippen LogP contribution in [-0.2, 0) is 0 Å². The predicted molar refractivity (Wildman–Crippen MR) is 93.3 cm³/mol. The Kier molecular flexibility index (Phi) is 5.32. The van der Waals surface area contributed by atoms with E-state index < -0.39 is 0 Å². The van der Waals surface area contributed by atoms with Crippen LogP contribution in [0.5, 0.6) is 5.75 Å². The quantitative estimate of drug-likeness (QED) is 0.726. The molecule has 25 heavy (non-hydrogen) atoms. The standard InChI is InChI=1S/C18H19N5O2/c19-12-13-4-3-8-20-17(13)21-9-10-22-18(24)23-15-7-11-25-16-6-2-1-5-14(15)16/h1-6,8,15H,7,9-11H2,(H,20,21)(H2,22,23,24). The van der Waals surface area contributed by atoms with E-state index in [1.807, 2.05) is 24.3 Å². The van der Waals surface area contributed by atoms with Crippen LogP contribution >= 0.6 is 0 Å². The number of carbonyl (C=O) groups excluding carboxylic acids is 1. The van der Waals surface area contributed by atoms with E-state index in [-0.39, 0.29) is 12.1 Å². The number of rotatable bonds is 5. The van der Waals surface area contributed by atoms with E-state index in [4.69, 9.17) is 10.00 Å². The maximum Gasteiger partial charge on any atom is 0.315 e. The highest BCUT2D eigenvalue weighted by atomic mass is 16.5. The van der Waals surface area contributed by atoms with Crippen molar-refractivity contribution in [2.75, 3.05) is 25.0 Å². The van der Waals surface area contributed by atoms with Gasteiger partial charge in [0.1, 0.15) is 17.6 Å². The minimum atomic E-state index is -0.231. The summed E-state index contributed by atoms with van der Waals surface area (Å²) < 4.78 is 5.59. The molecule has 1 aliphatic heterocycles. The minimum absolute atomic E-state index is 0.0566. The van der Waals surface area contributed by atoms with Crippen LogP contribution in [0, 0.1) is 11.3 Å². The number of nitrogens with zero attached hydrogens (tertiary/aromatic N) is 2. The lowest BCUT2D eigenvalue weighted by Gasteiger charge is -2.26. The molecule has 1 aliphatic rings. The van der Waals surface area contributed by atoms with Crippen molar-refractivity contribution in [2.24, 2.45) is 0 Å². The van der Waals surface area contributed by atoms with Gasteiger partial charge in [-0.25, -0.2) is 9.78 Å². The molecular formula is C18H19N5O2. The van der Waals surface area contributed by atoms with Crippen molar-refractivity contribution >= 4 is 11.8 Å². The van der Waals surface area contributed by atoms with E-state index in [1.54, 1.807) is 18.3 Å². The highest BCUT2D eigenvalue weighted by Gasteiger charge is 2.22. The Labute approximate surface area is 146 Å². The summed E-state index contributed by atoms with van der Waals surface area (Å²) in [5.41, 5.74) is 1.47. The summed E-state index contributed by atoms with van der Waals surface area (Å²) in [6.07, 6.45) is 2.36. The minimum Gasteiger partial charge on any atom is -0.493 e. The van der Waals surface area contributed by atoms with Crippen molar-refractivity contribution in [1.29, 1.82) is 5.26 Å². The molecule has 0 radical (unpaired) electrons. The zero-order valence-electron chi connectivity index (χ0n) is 13.7. The van der Waals surface area contributed by atoms with Crippen LogP contribution in [0.1, 0.15) is 23.6 Å². The Balaban J connectivity index is 1.46. The molecule has 1 aromatic heterocycles. The van der Waals surface area contributed by atoms with E-state index in [0.717, 1.165) is 17.7 Å². The molecule has 0 fully saturated rings. The number of ether oxygens (including phenoxy) is 1. The zero-order chi connectivity index (χ0) is 17.5. The van der Waals surface area contributed by atoms with Crippen molar-refractivity contribution in [3.05, 3.63) is 53.7 Å². The van der Waals surface area contributed by atoms with Gasteiger partial charge in [-0.15, -0.1) is 0 Å². The van der Waals surface area contributed by atoms with Gasteiger partial charge in [-0.2, -0.15) is 5.26 Å². The van der Waals surface area contributed by atoms with Gasteiger partial charge in [-0.05, 0) is 18.2 Å². The summed E-state index contributed by atoms with van der Waals surface area (Å²) in [6, 6.07) is 12.9. The van der Waals surface area contributed by atoms with Crippen molar-refractivity contribution in [2.45, 2.75) is 12.5 Å². The van der Waals surface area contributed by atoms with Crippen LogP contribution in [-0.4, -0.2) is 30.7 Å². The van der Waals surface area contributed by atoms with E-state index in [9.17, 15) is 4.79 Å². The van der Waals surface area contributed by atoms with Gasteiger partial charge in [0.15, 0.2) is 0 Å². The van der Waals surface area contributed by atoms with Gasteiger partial charge >= 0.3 is 6.03 Å². The molecule has 2 aromatic rings. The van der Waals surface area contributed by atoms with Crippen LogP contribution < -0.4 is 20.7 Å². The second-order valence-corrected chi connectivity index (χ2v) is 5.57. The third kappa shape index (κ3) is 4.18. The summed E-state index contributed by atoms with van der Waals surface area (Å²) in [4.78, 5) is 16.2. The first kappa shape index (κ1) is 16.6. The highest BCUT2D eigenvalue weighted by Crippen LogP contribution is 2.31. The van der Waals surface area contributed by atoms with Crippen molar-refractivity contribution in [3.8, 4) is 11.8 Å². The number of fused-ring (bicyclic) bond motifs is 1. The van der Waals surface area contributed by atoms with Gasteiger partial charge in [0.05, 0.1) is 18.2 Å². The normalized spacial score (nSPS) is 15.2. The van der Waals surface area contributed by atoms with E-state index in [1.165, 1.54) is 0 Å². The van der Waals surface area contributed by atoms with Crippen LogP contribution in [0.15, 0.2) is 42.6 Å². The number of amides is 2. The Hall–Kier alpha value is -3.27. The SMILES string of the molecule is N#Cc1cccnc1NCCNC(=O)NC1CCOc2ccccc21. The second-order valence-electron chi connectivity index (χ2n) is 5.57. The number of anilines is 1. The lowest BCUT2D eigenvalue weighted by atomic mass is 10.0. The van der Waals surface area contributed by atoms with Crippen LogP contribution in [0.4, 0.5) is 10.6 Å². The van der Waals surface area contributed by atoms with Crippen molar-refractivity contribution in [3.63, 3.8) is 0 Å². The molecule has 128 valence electrons. The number of hydrogen-bond donors (Lipinski definition) is 3. The van der Waals surface area contributed by atoms with Crippen LogP contribution in [0.2, 0.25) is 0 Å². The molecule has 7 heteroatoms. The van der Waals surface area contributed by atoms with Crippen molar-refractivity contribution in [1.82, 2.24) is 15.6 Å². The number of nitriles is 1. The molecule has 3 rings (SSSR count). The monoisotopic (exact) mass is 337 g/mol. The largest absolute Gasteiger partial charge is 0.493 e. The Morgan fingerprint density at radius 1 is 1.28 bits per heavy atom. The van der Waals surface area contributed by atoms with Gasteiger partial charge in [0.2, 0.25) is 0 Å². The molecule has 1 aromatic carbocycles. The second kappa shape index (κ2) is 8.02. The fourth-order valence-corrected chi connectivity index (χ4v) is 2.69. The van der Waals surface area contributed by atoms with E-state index in [2.05, 4.69) is 27.0 Å². The predicted octanol–water partition coefficient (Wildman–Crippen LogP) is 2.19. The number of para-hydroxylation sites is 1. The summed E-state index contributed by atoms with van der Waals surface area (Å²) in [6.45, 7) is 1.47. The average Bonchev–Trinajstić information content (AvgIpc) is 2.66. The van der Waals surface area contributed by atoms with Gasteiger partial charge in [0.25, 0.3) is 0 Å². The number of hydrogen-bond acceptors (Lipinski definition) is 5. The first-order valence-corrected chi connectivity index (χ1v) is 8.13. The van der Waals surface area contributed by atoms with Gasteiger partial charge < -0.3 is 20.7 Å². The smallest absolute Gasteiger partial charge is 0.315 e. The fourth-order valence-electron chi connectivity index (χ4n) is 2.69. The molecule has 0 aliphatic carbocycles. The molecule has 2 heterocycles. The van der Waals surface area contributed by atoms with Crippen LogP contribution in [0.3, 0.4) is 0 Å². The number of pyridine rings is 1. The maximum absolute atomic E-state index is 12.1. The molecular weight excluding hydrogens is 318 g/mol. The lowest BCUT2D eigenvalue weighted by molar-refractivity contribution is 0.223. The summed E-state index contributed by atoms with van der Waals surface area (Å²) in [5.74, 6) is 1.34. The molecule has 0 bridgehead atoms. The number of urea groups is 1. The average molecular weight is 337 g/mol. The third-order valence-electron chi connectivity index (χ3n) is 3.90.